The van der Waals surface area contributed by atoms with Gasteiger partial charge in [-0.2, -0.15) is 0 Å². The fraction of sp³-hybridized carbons (Fsp3) is 0.483. The fourth-order valence-corrected chi connectivity index (χ4v) is 4.89. The Hall–Kier alpha value is -3.55. The predicted octanol–water partition coefficient (Wildman–Crippen LogP) is 5.41. The molecular formula is C29H36N2O6. The number of nitrogens with one attached hydrogen (secondary N) is 1. The number of carboxylic acids is 1. The Bertz CT molecular complexity index is 1110. The molecule has 0 unspecified atom stereocenters. The molecule has 4 rings (SSSR count). The number of hydrogen-bond acceptors (Lipinski definition) is 5. The third kappa shape index (κ3) is 6.81. The first-order chi connectivity index (χ1) is 17.6. The highest BCUT2D eigenvalue weighted by atomic mass is 16.6. The lowest BCUT2D eigenvalue weighted by atomic mass is 9.98. The van der Waals surface area contributed by atoms with Crippen LogP contribution in [0.25, 0.3) is 11.1 Å². The summed E-state index contributed by atoms with van der Waals surface area (Å²) >= 11 is 0. The summed E-state index contributed by atoms with van der Waals surface area (Å²) in [5, 5.41) is 11.9. The van der Waals surface area contributed by atoms with Gasteiger partial charge >= 0.3 is 18.2 Å². The van der Waals surface area contributed by atoms with Crippen molar-refractivity contribution in [2.45, 2.75) is 58.0 Å². The normalized spacial score (nSPS) is 15.3. The maximum atomic E-state index is 13.3. The molecule has 37 heavy (non-hydrogen) atoms. The van der Waals surface area contributed by atoms with E-state index in [2.05, 4.69) is 29.6 Å². The molecule has 0 aliphatic heterocycles. The van der Waals surface area contributed by atoms with E-state index in [0.29, 0.717) is 19.5 Å². The molecule has 0 radical (unpaired) electrons. The summed E-state index contributed by atoms with van der Waals surface area (Å²) in [6.07, 6.45) is 1.06. The van der Waals surface area contributed by atoms with E-state index in [-0.39, 0.29) is 30.9 Å². The average molecular weight is 509 g/mol. The minimum absolute atomic E-state index is 0.0314. The van der Waals surface area contributed by atoms with Crippen molar-refractivity contribution in [3.05, 3.63) is 59.7 Å². The SMILES string of the molecule is CC(C)(C)OC(=O)NCC1(CN(CCCC(=O)O)C(=O)OCC2c3ccccc3-c3ccccc32)CC1. The lowest BCUT2D eigenvalue weighted by Crippen LogP contribution is -2.43. The summed E-state index contributed by atoms with van der Waals surface area (Å²) in [6.45, 7) is 6.66. The largest absolute Gasteiger partial charge is 0.481 e. The van der Waals surface area contributed by atoms with Crippen molar-refractivity contribution in [1.29, 1.82) is 0 Å². The second-order valence-electron chi connectivity index (χ2n) is 11.1. The number of alkyl carbamates (subject to hydrolysis) is 1. The number of fused-ring (bicyclic) bond motifs is 3. The third-order valence-corrected chi connectivity index (χ3v) is 6.90. The van der Waals surface area contributed by atoms with Crippen molar-refractivity contribution < 1.29 is 29.0 Å². The molecule has 198 valence electrons. The topological polar surface area (TPSA) is 105 Å². The second kappa shape index (κ2) is 10.8. The highest BCUT2D eigenvalue weighted by molar-refractivity contribution is 5.79. The van der Waals surface area contributed by atoms with Gasteiger partial charge in [0.15, 0.2) is 0 Å². The van der Waals surface area contributed by atoms with Crippen LogP contribution in [0.15, 0.2) is 48.5 Å². The molecule has 2 aliphatic rings. The average Bonchev–Trinajstić information content (AvgIpc) is 3.53. The Morgan fingerprint density at radius 2 is 1.62 bits per heavy atom. The van der Waals surface area contributed by atoms with Crippen LogP contribution in [0, 0.1) is 5.41 Å². The maximum absolute atomic E-state index is 13.3. The third-order valence-electron chi connectivity index (χ3n) is 6.90. The minimum atomic E-state index is -0.903. The highest BCUT2D eigenvalue weighted by Crippen LogP contribution is 2.46. The number of nitrogens with zero attached hydrogens (tertiary/aromatic N) is 1. The Morgan fingerprint density at radius 1 is 1.03 bits per heavy atom. The number of ether oxygens (including phenoxy) is 2. The van der Waals surface area contributed by atoms with Crippen LogP contribution in [0.3, 0.4) is 0 Å². The molecule has 0 spiro atoms. The molecule has 0 heterocycles. The Kier molecular flexibility index (Phi) is 7.76. The van der Waals surface area contributed by atoms with Crippen LogP contribution in [0.5, 0.6) is 0 Å². The molecule has 0 bridgehead atoms. The van der Waals surface area contributed by atoms with Crippen LogP contribution in [0.2, 0.25) is 0 Å². The van der Waals surface area contributed by atoms with Crippen molar-refractivity contribution >= 4 is 18.2 Å². The van der Waals surface area contributed by atoms with Crippen LogP contribution < -0.4 is 5.32 Å². The molecule has 2 aliphatic carbocycles. The first-order valence-electron chi connectivity index (χ1n) is 12.9. The van der Waals surface area contributed by atoms with Gasteiger partial charge in [0.05, 0.1) is 0 Å². The lowest BCUT2D eigenvalue weighted by molar-refractivity contribution is -0.137. The lowest BCUT2D eigenvalue weighted by Gasteiger charge is -2.28. The smallest absolute Gasteiger partial charge is 0.409 e. The van der Waals surface area contributed by atoms with E-state index in [1.54, 1.807) is 25.7 Å². The summed E-state index contributed by atoms with van der Waals surface area (Å²) in [5.74, 6) is -0.957. The van der Waals surface area contributed by atoms with Crippen molar-refractivity contribution in [2.24, 2.45) is 5.41 Å². The van der Waals surface area contributed by atoms with Gasteiger partial charge in [0.2, 0.25) is 0 Å². The minimum Gasteiger partial charge on any atom is -0.481 e. The van der Waals surface area contributed by atoms with E-state index in [0.717, 1.165) is 35.1 Å². The molecule has 0 atom stereocenters. The number of amides is 2. The molecule has 1 fully saturated rings. The van der Waals surface area contributed by atoms with E-state index in [1.165, 1.54) is 0 Å². The first-order valence-corrected chi connectivity index (χ1v) is 12.9. The quantitative estimate of drug-likeness (QED) is 0.445. The van der Waals surface area contributed by atoms with Crippen molar-refractivity contribution in [2.75, 3.05) is 26.2 Å². The van der Waals surface area contributed by atoms with Gasteiger partial charge in [-0.3, -0.25) is 4.79 Å². The van der Waals surface area contributed by atoms with Gasteiger partial charge in [-0.1, -0.05) is 48.5 Å². The van der Waals surface area contributed by atoms with Gasteiger partial charge in [0.1, 0.15) is 12.2 Å². The number of hydrogen-bond donors (Lipinski definition) is 2. The molecule has 2 amide bonds. The summed E-state index contributed by atoms with van der Waals surface area (Å²) in [5.41, 5.74) is 3.73. The number of benzene rings is 2. The summed E-state index contributed by atoms with van der Waals surface area (Å²) in [6, 6.07) is 16.3. The molecule has 0 saturated heterocycles. The standard InChI is InChI=1S/C29H36N2O6/c1-28(2,3)37-26(34)30-18-29(14-15-29)19-31(16-8-13-25(32)33)27(35)36-17-24-22-11-6-4-9-20(22)21-10-5-7-12-23(21)24/h4-7,9-12,24H,8,13-19H2,1-3H3,(H,30,34)(H,32,33). The fourth-order valence-electron chi connectivity index (χ4n) is 4.89. The van der Waals surface area contributed by atoms with Gasteiger partial charge in [-0.05, 0) is 62.3 Å². The number of carbonyl (C=O) groups excluding carboxylic acids is 2. The Labute approximate surface area is 217 Å². The van der Waals surface area contributed by atoms with Gasteiger partial charge in [-0.25, -0.2) is 9.59 Å². The van der Waals surface area contributed by atoms with Crippen molar-refractivity contribution in [3.63, 3.8) is 0 Å². The first kappa shape index (κ1) is 26.5. The molecule has 8 heteroatoms. The summed E-state index contributed by atoms with van der Waals surface area (Å²) < 4.78 is 11.2. The maximum Gasteiger partial charge on any atom is 0.409 e. The van der Waals surface area contributed by atoms with Crippen LogP contribution in [0.4, 0.5) is 9.59 Å². The number of aliphatic carboxylic acids is 1. The predicted molar refractivity (Wildman–Crippen MR) is 139 cm³/mol. The second-order valence-corrected chi connectivity index (χ2v) is 11.1. The van der Waals surface area contributed by atoms with E-state index < -0.39 is 23.8 Å². The van der Waals surface area contributed by atoms with Gasteiger partial charge in [-0.15, -0.1) is 0 Å². The van der Waals surface area contributed by atoms with Crippen LogP contribution in [0.1, 0.15) is 63.5 Å². The van der Waals surface area contributed by atoms with E-state index in [9.17, 15) is 14.4 Å². The van der Waals surface area contributed by atoms with Gasteiger partial charge in [0, 0.05) is 37.4 Å². The molecule has 8 nitrogen and oxygen atoms in total. The van der Waals surface area contributed by atoms with Crippen LogP contribution in [-0.4, -0.2) is 60.0 Å². The molecule has 0 aromatic heterocycles. The molecular weight excluding hydrogens is 472 g/mol. The molecule has 2 aromatic carbocycles. The van der Waals surface area contributed by atoms with E-state index in [1.807, 2.05) is 24.3 Å². The highest BCUT2D eigenvalue weighted by Gasteiger charge is 2.45. The number of carbonyl (C=O) groups is 3. The van der Waals surface area contributed by atoms with Gasteiger partial charge < -0.3 is 24.8 Å². The number of carboxylic acid groups (broad SMARTS) is 1. The van der Waals surface area contributed by atoms with Crippen molar-refractivity contribution in [3.8, 4) is 11.1 Å². The van der Waals surface area contributed by atoms with E-state index >= 15 is 0 Å². The zero-order valence-corrected chi connectivity index (χ0v) is 21.8. The van der Waals surface area contributed by atoms with Crippen LogP contribution >= 0.6 is 0 Å². The Balaban J connectivity index is 1.41. The van der Waals surface area contributed by atoms with Crippen LogP contribution in [-0.2, 0) is 14.3 Å². The Morgan fingerprint density at radius 3 is 2.16 bits per heavy atom. The zero-order chi connectivity index (χ0) is 26.6. The number of rotatable bonds is 10. The zero-order valence-electron chi connectivity index (χ0n) is 21.8. The molecule has 1 saturated carbocycles. The summed E-state index contributed by atoms with van der Waals surface area (Å²) in [7, 11) is 0. The van der Waals surface area contributed by atoms with Crippen molar-refractivity contribution in [1.82, 2.24) is 10.2 Å². The van der Waals surface area contributed by atoms with E-state index in [4.69, 9.17) is 14.6 Å². The molecule has 2 aromatic rings. The molecule has 2 N–H and O–H groups in total. The monoisotopic (exact) mass is 508 g/mol. The van der Waals surface area contributed by atoms with Gasteiger partial charge in [0.25, 0.3) is 0 Å². The summed E-state index contributed by atoms with van der Waals surface area (Å²) in [4.78, 5) is 38.1.